The Morgan fingerprint density at radius 1 is 0.833 bits per heavy atom. The molecule has 8 unspecified atom stereocenters. The Balaban J connectivity index is 1.17. The minimum absolute atomic E-state index is 0.0376. The van der Waals surface area contributed by atoms with Gasteiger partial charge in [0.1, 0.15) is 0 Å². The van der Waals surface area contributed by atoms with E-state index in [1.54, 1.807) is 5.57 Å². The number of hydrogen-bond donors (Lipinski definition) is 1. The van der Waals surface area contributed by atoms with Crippen LogP contribution in [0.5, 0.6) is 0 Å². The van der Waals surface area contributed by atoms with Crippen LogP contribution in [0.15, 0.2) is 30.3 Å². The summed E-state index contributed by atoms with van der Waals surface area (Å²) in [5.41, 5.74) is 5.68. The predicted molar refractivity (Wildman–Crippen MR) is 174 cm³/mol. The Morgan fingerprint density at radius 3 is 2.31 bits per heavy atom. The first-order valence-electron chi connectivity index (χ1n) is 17.7. The molecular weight excluding hydrogens is 512 g/mol. The minimum Gasteiger partial charge on any atom is -0.332 e. The number of benzene rings is 1. The highest BCUT2D eigenvalue weighted by molar-refractivity contribution is 5.75. The summed E-state index contributed by atoms with van der Waals surface area (Å²) in [5, 5.41) is 3.76. The van der Waals surface area contributed by atoms with E-state index in [2.05, 4.69) is 89.0 Å². The first kappa shape index (κ1) is 29.0. The standard InChI is InChI=1S/C39H58N2O/c1-26-10-12-28(13-11-26)29-16-20-36(5)32(35(29,3)4)17-21-38(7)33(36)15-14-30-31-9-8-19-39(31,23-22-37(30,38)6)40-34(42)41-24-18-27(2)25-41/h10-13,16,27,30-33H,8-9,14-15,17-25H2,1-7H3,(H,40,42)/t27?,30?,31?,32?,33?,36?,37-,38?,39?/m1/s1. The highest BCUT2D eigenvalue weighted by Gasteiger charge is 2.69. The molecule has 7 rings (SSSR count). The van der Waals surface area contributed by atoms with E-state index in [1.165, 1.54) is 75.3 Å². The lowest BCUT2D eigenvalue weighted by atomic mass is 9.33. The summed E-state index contributed by atoms with van der Waals surface area (Å²) in [6.45, 7) is 19.6. The second-order valence-corrected chi connectivity index (χ2v) is 17.5. The molecule has 4 saturated carbocycles. The molecule has 1 saturated heterocycles. The highest BCUT2D eigenvalue weighted by Crippen LogP contribution is 2.76. The van der Waals surface area contributed by atoms with Crippen LogP contribution < -0.4 is 5.32 Å². The molecule has 6 aliphatic rings. The number of amides is 2. The van der Waals surface area contributed by atoms with E-state index >= 15 is 0 Å². The number of carbonyl (C=O) groups excluding carboxylic acids is 1. The van der Waals surface area contributed by atoms with Gasteiger partial charge in [-0.2, -0.15) is 0 Å². The van der Waals surface area contributed by atoms with Crippen molar-refractivity contribution in [3.05, 3.63) is 41.5 Å². The number of nitrogens with one attached hydrogen (secondary N) is 1. The normalized spacial score (nSPS) is 45.7. The van der Waals surface area contributed by atoms with Crippen LogP contribution in [0, 0.1) is 58.2 Å². The number of likely N-dealkylation sites (tertiary alicyclic amines) is 1. The monoisotopic (exact) mass is 570 g/mol. The third kappa shape index (κ3) is 3.92. The van der Waals surface area contributed by atoms with Gasteiger partial charge in [0.25, 0.3) is 0 Å². The lowest BCUT2D eigenvalue weighted by Crippen LogP contribution is -2.68. The third-order valence-electron chi connectivity index (χ3n) is 15.4. The smallest absolute Gasteiger partial charge is 0.317 e. The van der Waals surface area contributed by atoms with E-state index in [4.69, 9.17) is 0 Å². The maximum absolute atomic E-state index is 13.5. The minimum atomic E-state index is 0.0376. The van der Waals surface area contributed by atoms with Gasteiger partial charge in [0.05, 0.1) is 0 Å². The van der Waals surface area contributed by atoms with E-state index in [-0.39, 0.29) is 17.0 Å². The van der Waals surface area contributed by atoms with Gasteiger partial charge in [-0.3, -0.25) is 0 Å². The molecule has 0 bridgehead atoms. The number of hydrogen-bond acceptors (Lipinski definition) is 1. The van der Waals surface area contributed by atoms with Crippen molar-refractivity contribution in [2.75, 3.05) is 13.1 Å². The number of nitrogens with zero attached hydrogens (tertiary/aromatic N) is 1. The van der Waals surface area contributed by atoms with E-state index in [1.807, 2.05) is 0 Å². The van der Waals surface area contributed by atoms with Crippen molar-refractivity contribution < 1.29 is 4.79 Å². The number of allylic oxidation sites excluding steroid dienone is 2. The molecule has 230 valence electrons. The molecule has 1 aromatic carbocycles. The van der Waals surface area contributed by atoms with Gasteiger partial charge in [-0.05, 0) is 134 Å². The number of rotatable bonds is 2. The molecule has 0 radical (unpaired) electrons. The summed E-state index contributed by atoms with van der Waals surface area (Å²) < 4.78 is 0. The molecule has 1 aromatic rings. The molecule has 1 aliphatic heterocycles. The summed E-state index contributed by atoms with van der Waals surface area (Å²) in [6.07, 6.45) is 16.8. The van der Waals surface area contributed by atoms with E-state index < -0.39 is 0 Å². The third-order valence-corrected chi connectivity index (χ3v) is 15.4. The number of fused-ring (bicyclic) bond motifs is 7. The summed E-state index contributed by atoms with van der Waals surface area (Å²) >= 11 is 0. The molecule has 1 N–H and O–H groups in total. The van der Waals surface area contributed by atoms with Gasteiger partial charge in [-0.25, -0.2) is 4.79 Å². The van der Waals surface area contributed by atoms with Crippen molar-refractivity contribution in [1.82, 2.24) is 10.2 Å². The largest absolute Gasteiger partial charge is 0.332 e. The zero-order valence-electron chi connectivity index (χ0n) is 27.8. The summed E-state index contributed by atoms with van der Waals surface area (Å²) in [7, 11) is 0. The molecule has 0 spiro atoms. The molecule has 3 nitrogen and oxygen atoms in total. The zero-order valence-corrected chi connectivity index (χ0v) is 27.8. The second kappa shape index (κ2) is 9.61. The van der Waals surface area contributed by atoms with Crippen molar-refractivity contribution in [2.24, 2.45) is 51.2 Å². The summed E-state index contributed by atoms with van der Waals surface area (Å²) in [6, 6.07) is 9.55. The van der Waals surface area contributed by atoms with Gasteiger partial charge in [-0.1, -0.05) is 83.9 Å². The van der Waals surface area contributed by atoms with E-state index in [0.717, 1.165) is 37.3 Å². The fraction of sp³-hybridized carbons (Fsp3) is 0.769. The lowest BCUT2D eigenvalue weighted by Gasteiger charge is -2.72. The first-order chi connectivity index (χ1) is 19.8. The maximum Gasteiger partial charge on any atom is 0.317 e. The molecule has 5 fully saturated rings. The van der Waals surface area contributed by atoms with Gasteiger partial charge in [0.15, 0.2) is 0 Å². The van der Waals surface area contributed by atoms with Gasteiger partial charge >= 0.3 is 6.03 Å². The lowest BCUT2D eigenvalue weighted by molar-refractivity contribution is -0.216. The number of urea groups is 1. The summed E-state index contributed by atoms with van der Waals surface area (Å²) in [4.78, 5) is 15.7. The first-order valence-corrected chi connectivity index (χ1v) is 17.7. The number of aryl methyl sites for hydroxylation is 1. The van der Waals surface area contributed by atoms with Gasteiger partial charge in [0.2, 0.25) is 0 Å². The molecule has 2 amide bonds. The van der Waals surface area contributed by atoms with E-state index in [0.29, 0.717) is 28.1 Å². The van der Waals surface area contributed by atoms with Crippen molar-refractivity contribution >= 4 is 11.6 Å². The van der Waals surface area contributed by atoms with Gasteiger partial charge in [-0.15, -0.1) is 0 Å². The SMILES string of the molecule is Cc1ccc(C2=CCC3(C)C(CCC4(C)C3CCC3C5CCCC5(NC(=O)N5CCC(C)C5)CC[C@]34C)C2(C)C)cc1. The van der Waals surface area contributed by atoms with Crippen molar-refractivity contribution in [3.8, 4) is 0 Å². The van der Waals surface area contributed by atoms with Crippen molar-refractivity contribution in [2.45, 2.75) is 125 Å². The van der Waals surface area contributed by atoms with Crippen LogP contribution >= 0.6 is 0 Å². The second-order valence-electron chi connectivity index (χ2n) is 17.5. The Morgan fingerprint density at radius 2 is 1.60 bits per heavy atom. The average Bonchev–Trinajstić information content (AvgIpc) is 3.56. The molecule has 3 heteroatoms. The number of carbonyl (C=O) groups is 1. The van der Waals surface area contributed by atoms with Crippen LogP contribution in [-0.2, 0) is 0 Å². The van der Waals surface area contributed by atoms with Gasteiger partial charge in [0, 0.05) is 18.6 Å². The van der Waals surface area contributed by atoms with Crippen LogP contribution in [0.25, 0.3) is 5.57 Å². The van der Waals surface area contributed by atoms with Crippen LogP contribution in [0.3, 0.4) is 0 Å². The predicted octanol–water partition coefficient (Wildman–Crippen LogP) is 9.65. The maximum atomic E-state index is 13.5. The Labute approximate surface area is 256 Å². The van der Waals surface area contributed by atoms with Crippen LogP contribution in [-0.4, -0.2) is 29.6 Å². The Kier molecular flexibility index (Phi) is 6.63. The Bertz CT molecular complexity index is 1260. The zero-order chi connectivity index (χ0) is 29.7. The molecule has 42 heavy (non-hydrogen) atoms. The average molecular weight is 571 g/mol. The highest BCUT2D eigenvalue weighted by atomic mass is 16.2. The molecule has 0 aromatic heterocycles. The van der Waals surface area contributed by atoms with Crippen molar-refractivity contribution in [1.29, 1.82) is 0 Å². The topological polar surface area (TPSA) is 32.3 Å². The fourth-order valence-electron chi connectivity index (χ4n) is 13.0. The molecule has 9 atom stereocenters. The van der Waals surface area contributed by atoms with Crippen LogP contribution in [0.1, 0.15) is 123 Å². The Hall–Kier alpha value is -1.77. The van der Waals surface area contributed by atoms with Crippen LogP contribution in [0.4, 0.5) is 4.79 Å². The molecule has 5 aliphatic carbocycles. The van der Waals surface area contributed by atoms with E-state index in [9.17, 15) is 4.79 Å². The quantitative estimate of drug-likeness (QED) is 0.377. The fourth-order valence-corrected chi connectivity index (χ4v) is 13.0. The molecular formula is C39H58N2O. The van der Waals surface area contributed by atoms with Gasteiger partial charge < -0.3 is 10.2 Å². The molecule has 1 heterocycles. The summed E-state index contributed by atoms with van der Waals surface area (Å²) in [5.74, 6) is 3.53. The van der Waals surface area contributed by atoms with Crippen molar-refractivity contribution in [3.63, 3.8) is 0 Å². The van der Waals surface area contributed by atoms with Crippen LogP contribution in [0.2, 0.25) is 0 Å².